The smallest absolute Gasteiger partial charge is 0.748 e. The first kappa shape index (κ1) is 28.7. The van der Waals surface area contributed by atoms with Gasteiger partial charge in [-0.05, 0) is 19.3 Å². The maximum atomic E-state index is 10.5. The summed E-state index contributed by atoms with van der Waals surface area (Å²) in [6, 6.07) is 0. The van der Waals surface area contributed by atoms with Gasteiger partial charge in [-0.25, -0.2) is 8.42 Å². The van der Waals surface area contributed by atoms with Crippen LogP contribution in [0.4, 0.5) is 0 Å². The predicted molar refractivity (Wildman–Crippen MR) is 104 cm³/mol. The zero-order valence-corrected chi connectivity index (χ0v) is 20.5. The summed E-state index contributed by atoms with van der Waals surface area (Å²) in [6.07, 6.45) is 15.1. The molecule has 0 aliphatic heterocycles. The van der Waals surface area contributed by atoms with Gasteiger partial charge in [0.05, 0.1) is 10.1 Å². The molecule has 7 heteroatoms. The van der Waals surface area contributed by atoms with Gasteiger partial charge in [-0.3, -0.25) is 0 Å². The Bertz CT molecular complexity index is 381. The van der Waals surface area contributed by atoms with Crippen molar-refractivity contribution in [2.45, 2.75) is 108 Å². The predicted octanol–water partition coefficient (Wildman–Crippen LogP) is 3.23. The molecule has 0 N–H and O–H groups in total. The Kier molecular flexibility index (Phi) is 21.6. The first-order valence-corrected chi connectivity index (χ1v) is 12.0. The Morgan fingerprint density at radius 3 is 1.48 bits per heavy atom. The number of hydrogen-bond donors (Lipinski definition) is 0. The number of hydrogen-bond acceptors (Lipinski definition) is 3. The van der Waals surface area contributed by atoms with Crippen LogP contribution in [0.25, 0.3) is 0 Å². The van der Waals surface area contributed by atoms with E-state index in [4.69, 9.17) is 23.2 Å². The van der Waals surface area contributed by atoms with Crippen molar-refractivity contribution in [3.63, 3.8) is 0 Å². The normalized spacial score (nSPS) is 14.1. The zero-order chi connectivity index (χ0) is 18.3. The minimum atomic E-state index is -4.04. The van der Waals surface area contributed by atoms with Gasteiger partial charge >= 0.3 is 29.6 Å². The largest absolute Gasteiger partial charge is 1.00 e. The average Bonchev–Trinajstić information content (AvgIpc) is 2.51. The van der Waals surface area contributed by atoms with E-state index in [2.05, 4.69) is 6.92 Å². The van der Waals surface area contributed by atoms with Crippen LogP contribution < -0.4 is 29.6 Å². The van der Waals surface area contributed by atoms with Crippen molar-refractivity contribution >= 4 is 33.3 Å². The fourth-order valence-electron chi connectivity index (χ4n) is 2.81. The molecule has 2 unspecified atom stereocenters. The van der Waals surface area contributed by atoms with Crippen LogP contribution in [0.2, 0.25) is 0 Å². The second kappa shape index (κ2) is 18.8. The number of alkyl halides is 2. The molecule has 0 aromatic carbocycles. The van der Waals surface area contributed by atoms with Gasteiger partial charge < -0.3 is 4.55 Å². The molecule has 0 aromatic heterocycles. The van der Waals surface area contributed by atoms with E-state index in [-0.39, 0.29) is 46.1 Å². The Balaban J connectivity index is 0. The first-order chi connectivity index (χ1) is 11.4. The molecule has 0 saturated carbocycles. The molecular formula is C18H35Cl2NaO3S. The molecular weight excluding hydrogens is 390 g/mol. The molecule has 0 aromatic rings. The molecule has 0 rings (SSSR count). The topological polar surface area (TPSA) is 57.2 Å². The number of halogens is 2. The van der Waals surface area contributed by atoms with Crippen LogP contribution in [0, 0.1) is 0 Å². The second-order valence-corrected chi connectivity index (χ2v) is 9.40. The molecule has 25 heavy (non-hydrogen) atoms. The maximum absolute atomic E-state index is 10.5. The molecule has 0 aliphatic rings. The summed E-state index contributed by atoms with van der Waals surface area (Å²) in [5.41, 5.74) is 0. The molecule has 0 spiro atoms. The summed E-state index contributed by atoms with van der Waals surface area (Å²) < 4.78 is 31.4. The van der Waals surface area contributed by atoms with E-state index < -0.39 is 10.1 Å². The first-order valence-electron chi connectivity index (χ1n) is 9.58. The fourth-order valence-corrected chi connectivity index (χ4v) is 3.92. The second-order valence-electron chi connectivity index (χ2n) is 6.76. The van der Waals surface area contributed by atoms with Crippen LogP contribution in [-0.2, 0) is 10.1 Å². The summed E-state index contributed by atoms with van der Waals surface area (Å²) in [5, 5.41) is 0.119. The van der Waals surface area contributed by atoms with E-state index in [0.29, 0.717) is 6.42 Å². The van der Waals surface area contributed by atoms with E-state index >= 15 is 0 Å². The van der Waals surface area contributed by atoms with Crippen LogP contribution in [0.3, 0.4) is 0 Å². The fraction of sp³-hybridized carbons (Fsp3) is 1.00. The van der Waals surface area contributed by atoms with Crippen molar-refractivity contribution in [2.75, 3.05) is 5.75 Å². The van der Waals surface area contributed by atoms with Crippen molar-refractivity contribution in [3.8, 4) is 0 Å². The zero-order valence-electron chi connectivity index (χ0n) is 16.2. The Labute approximate surface area is 188 Å². The standard InChI is InChI=1S/C18H36Cl2O3S.Na/c1-2-3-4-5-8-11-14-17(19)18(20)15-12-9-6-7-10-13-16-24(21,22)23;/h17-18H,2-16H2,1H3,(H,21,22,23);/q;+1/p-1. The van der Waals surface area contributed by atoms with E-state index in [1.807, 2.05) is 0 Å². The van der Waals surface area contributed by atoms with Gasteiger partial charge in [0.1, 0.15) is 0 Å². The van der Waals surface area contributed by atoms with Gasteiger partial charge in [-0.2, -0.15) is 0 Å². The van der Waals surface area contributed by atoms with Crippen LogP contribution in [0.1, 0.15) is 96.8 Å². The Morgan fingerprint density at radius 1 is 0.720 bits per heavy atom. The SMILES string of the molecule is CCCCCCCCC(Cl)C(Cl)CCCCCCCCS(=O)(=O)[O-].[Na+]. The Hall–Kier alpha value is 1.49. The van der Waals surface area contributed by atoms with Gasteiger partial charge in [0.15, 0.2) is 0 Å². The van der Waals surface area contributed by atoms with Gasteiger partial charge in [-0.15, -0.1) is 23.2 Å². The minimum Gasteiger partial charge on any atom is -0.748 e. The summed E-state index contributed by atoms with van der Waals surface area (Å²) in [4.78, 5) is 0. The van der Waals surface area contributed by atoms with Crippen molar-refractivity contribution in [3.05, 3.63) is 0 Å². The third-order valence-corrected chi connectivity index (χ3v) is 6.31. The monoisotopic (exact) mass is 424 g/mol. The van der Waals surface area contributed by atoms with Gasteiger partial charge in [0.2, 0.25) is 0 Å². The van der Waals surface area contributed by atoms with Crippen LogP contribution in [0.5, 0.6) is 0 Å². The maximum Gasteiger partial charge on any atom is 1.00 e. The quantitative estimate of drug-likeness (QED) is 0.156. The van der Waals surface area contributed by atoms with Crippen LogP contribution >= 0.6 is 23.2 Å². The number of unbranched alkanes of at least 4 members (excludes halogenated alkanes) is 10. The van der Waals surface area contributed by atoms with Gasteiger partial charge in [0.25, 0.3) is 0 Å². The van der Waals surface area contributed by atoms with Crippen LogP contribution in [0.15, 0.2) is 0 Å². The van der Waals surface area contributed by atoms with Gasteiger partial charge in [0, 0.05) is 16.5 Å². The molecule has 0 heterocycles. The van der Waals surface area contributed by atoms with Crippen molar-refractivity contribution in [2.24, 2.45) is 0 Å². The summed E-state index contributed by atoms with van der Waals surface area (Å²) in [7, 11) is -4.04. The minimum absolute atomic E-state index is 0. The molecule has 0 fully saturated rings. The molecule has 3 nitrogen and oxygen atoms in total. The van der Waals surface area contributed by atoms with E-state index in [1.165, 1.54) is 38.5 Å². The third-order valence-electron chi connectivity index (χ3n) is 4.35. The third kappa shape index (κ3) is 21.6. The van der Waals surface area contributed by atoms with E-state index in [1.54, 1.807) is 0 Å². The molecule has 0 radical (unpaired) electrons. The average molecular weight is 425 g/mol. The molecule has 0 amide bonds. The van der Waals surface area contributed by atoms with Crippen molar-refractivity contribution < 1.29 is 42.5 Å². The van der Waals surface area contributed by atoms with Crippen LogP contribution in [-0.4, -0.2) is 29.5 Å². The molecule has 0 bridgehead atoms. The molecule has 0 aliphatic carbocycles. The summed E-state index contributed by atoms with van der Waals surface area (Å²) in [5.74, 6) is -0.233. The molecule has 0 saturated heterocycles. The molecule has 2 atom stereocenters. The van der Waals surface area contributed by atoms with E-state index in [9.17, 15) is 13.0 Å². The number of rotatable bonds is 17. The van der Waals surface area contributed by atoms with Crippen molar-refractivity contribution in [1.82, 2.24) is 0 Å². The summed E-state index contributed by atoms with van der Waals surface area (Å²) in [6.45, 7) is 2.23. The van der Waals surface area contributed by atoms with Gasteiger partial charge in [-0.1, -0.05) is 77.6 Å². The van der Waals surface area contributed by atoms with E-state index in [0.717, 1.165) is 44.9 Å². The van der Waals surface area contributed by atoms with Crippen molar-refractivity contribution in [1.29, 1.82) is 0 Å². The Morgan fingerprint density at radius 2 is 1.08 bits per heavy atom. The molecule has 146 valence electrons. The summed E-state index contributed by atoms with van der Waals surface area (Å²) >= 11 is 12.8.